The van der Waals surface area contributed by atoms with E-state index in [1.165, 1.54) is 5.56 Å². The number of rotatable bonds is 3. The van der Waals surface area contributed by atoms with Crippen LogP contribution in [0.15, 0.2) is 21.0 Å². The minimum Gasteiger partial charge on any atom is -0.458 e. The summed E-state index contributed by atoms with van der Waals surface area (Å²) in [4.78, 5) is 0. The Morgan fingerprint density at radius 2 is 2.00 bits per heavy atom. The van der Waals surface area contributed by atoms with Gasteiger partial charge in [0.15, 0.2) is 5.58 Å². The fourth-order valence-corrected chi connectivity index (χ4v) is 2.95. The molecule has 2 rings (SSSR count). The van der Waals surface area contributed by atoms with Crippen LogP contribution in [0.2, 0.25) is 5.02 Å². The lowest BCUT2D eigenvalue weighted by Crippen LogP contribution is -2.35. The van der Waals surface area contributed by atoms with Crippen LogP contribution in [0.1, 0.15) is 39.0 Å². The summed E-state index contributed by atoms with van der Waals surface area (Å²) in [7, 11) is 0. The number of benzene rings is 1. The van der Waals surface area contributed by atoms with Gasteiger partial charge in [-0.25, -0.2) is 0 Å². The summed E-state index contributed by atoms with van der Waals surface area (Å²) in [5, 5.41) is 5.22. The zero-order valence-electron chi connectivity index (χ0n) is 11.7. The largest absolute Gasteiger partial charge is 0.458 e. The van der Waals surface area contributed by atoms with E-state index in [2.05, 4.69) is 55.0 Å². The summed E-state index contributed by atoms with van der Waals surface area (Å²) in [6.07, 6.45) is 0.931. The molecule has 1 N–H and O–H groups in total. The average Bonchev–Trinajstić information content (AvgIpc) is 2.63. The van der Waals surface area contributed by atoms with Crippen LogP contribution in [0, 0.1) is 0 Å². The van der Waals surface area contributed by atoms with Crippen LogP contribution >= 0.6 is 27.5 Å². The van der Waals surface area contributed by atoms with E-state index in [9.17, 15) is 0 Å². The third-order valence-electron chi connectivity index (χ3n) is 3.03. The lowest BCUT2D eigenvalue weighted by atomic mass is 10.1. The second-order valence-electron chi connectivity index (χ2n) is 5.73. The zero-order chi connectivity index (χ0) is 14.2. The predicted octanol–water partition coefficient (Wildman–Crippen LogP) is 5.30. The standard InChI is InChI=1S/C15H19BrClNO/c1-5-10-11-6-9(16)7-12(17)14(11)19-13(10)8-18-15(2,3)4/h6-7,18H,5,8H2,1-4H3. The number of hydrogen-bond donors (Lipinski definition) is 1. The molecule has 0 spiro atoms. The van der Waals surface area contributed by atoms with Gasteiger partial charge in [-0.3, -0.25) is 0 Å². The van der Waals surface area contributed by atoms with Gasteiger partial charge in [-0.1, -0.05) is 34.5 Å². The first kappa shape index (κ1) is 14.9. The van der Waals surface area contributed by atoms with Gasteiger partial charge in [0.2, 0.25) is 0 Å². The average molecular weight is 345 g/mol. The van der Waals surface area contributed by atoms with Gasteiger partial charge in [0.25, 0.3) is 0 Å². The van der Waals surface area contributed by atoms with Crippen molar-refractivity contribution < 1.29 is 4.42 Å². The lowest BCUT2D eigenvalue weighted by Gasteiger charge is -2.19. The molecule has 0 unspecified atom stereocenters. The van der Waals surface area contributed by atoms with E-state index in [0.717, 1.165) is 34.2 Å². The van der Waals surface area contributed by atoms with Crippen molar-refractivity contribution in [2.45, 2.75) is 46.2 Å². The second kappa shape index (κ2) is 5.47. The molecule has 1 aromatic heterocycles. The minimum atomic E-state index is 0.0639. The summed E-state index contributed by atoms with van der Waals surface area (Å²) < 4.78 is 6.94. The van der Waals surface area contributed by atoms with Crippen LogP contribution in [-0.4, -0.2) is 5.54 Å². The molecule has 0 bridgehead atoms. The maximum atomic E-state index is 6.25. The SMILES string of the molecule is CCc1c(CNC(C)(C)C)oc2c(Cl)cc(Br)cc12. The molecule has 19 heavy (non-hydrogen) atoms. The van der Waals surface area contributed by atoms with Crippen molar-refractivity contribution in [2.75, 3.05) is 0 Å². The molecular weight excluding hydrogens is 326 g/mol. The van der Waals surface area contributed by atoms with E-state index in [1.54, 1.807) is 0 Å². The van der Waals surface area contributed by atoms with Crippen LogP contribution in [0.5, 0.6) is 0 Å². The Labute approximate surface area is 127 Å². The lowest BCUT2D eigenvalue weighted by molar-refractivity contribution is 0.393. The normalized spacial score (nSPS) is 12.3. The molecule has 0 aliphatic rings. The molecule has 1 aromatic carbocycles. The Balaban J connectivity index is 2.47. The molecule has 2 aromatic rings. The predicted molar refractivity (Wildman–Crippen MR) is 84.9 cm³/mol. The first-order chi connectivity index (χ1) is 8.81. The van der Waals surface area contributed by atoms with Crippen LogP contribution in [0.25, 0.3) is 11.0 Å². The Bertz CT molecular complexity index is 598. The van der Waals surface area contributed by atoms with Crippen molar-refractivity contribution in [3.05, 3.63) is 33.0 Å². The van der Waals surface area contributed by atoms with Crippen LogP contribution in [0.3, 0.4) is 0 Å². The molecule has 2 nitrogen and oxygen atoms in total. The molecule has 0 radical (unpaired) electrons. The summed E-state index contributed by atoms with van der Waals surface area (Å²) in [6, 6.07) is 3.94. The molecule has 0 amide bonds. The summed E-state index contributed by atoms with van der Waals surface area (Å²) in [6.45, 7) is 9.29. The number of nitrogens with one attached hydrogen (secondary N) is 1. The van der Waals surface area contributed by atoms with Crippen molar-refractivity contribution >= 4 is 38.5 Å². The van der Waals surface area contributed by atoms with Crippen molar-refractivity contribution in [1.29, 1.82) is 0 Å². The van der Waals surface area contributed by atoms with Gasteiger partial charge in [-0.2, -0.15) is 0 Å². The fraction of sp³-hybridized carbons (Fsp3) is 0.467. The van der Waals surface area contributed by atoms with E-state index in [4.69, 9.17) is 16.0 Å². The van der Waals surface area contributed by atoms with Gasteiger partial charge in [-0.15, -0.1) is 0 Å². The molecule has 0 aliphatic heterocycles. The molecule has 4 heteroatoms. The highest BCUT2D eigenvalue weighted by molar-refractivity contribution is 9.10. The van der Waals surface area contributed by atoms with Crippen molar-refractivity contribution in [1.82, 2.24) is 5.32 Å². The zero-order valence-corrected chi connectivity index (χ0v) is 14.1. The first-order valence-corrected chi connectivity index (χ1v) is 7.63. The van der Waals surface area contributed by atoms with Crippen LogP contribution in [-0.2, 0) is 13.0 Å². The minimum absolute atomic E-state index is 0.0639. The first-order valence-electron chi connectivity index (χ1n) is 6.46. The Kier molecular flexibility index (Phi) is 4.29. The molecule has 0 saturated carbocycles. The number of halogens is 2. The van der Waals surface area contributed by atoms with Gasteiger partial charge in [0.05, 0.1) is 11.6 Å². The highest BCUT2D eigenvalue weighted by atomic mass is 79.9. The molecule has 0 atom stereocenters. The summed E-state index contributed by atoms with van der Waals surface area (Å²) in [5.74, 6) is 0.979. The van der Waals surface area contributed by atoms with E-state index < -0.39 is 0 Å². The van der Waals surface area contributed by atoms with E-state index in [0.29, 0.717) is 5.02 Å². The summed E-state index contributed by atoms with van der Waals surface area (Å²) >= 11 is 9.74. The second-order valence-corrected chi connectivity index (χ2v) is 7.05. The quantitative estimate of drug-likeness (QED) is 0.817. The third kappa shape index (κ3) is 3.33. The van der Waals surface area contributed by atoms with Crippen molar-refractivity contribution in [3.8, 4) is 0 Å². The Morgan fingerprint density at radius 1 is 1.32 bits per heavy atom. The Morgan fingerprint density at radius 3 is 2.58 bits per heavy atom. The van der Waals surface area contributed by atoms with Gasteiger partial charge < -0.3 is 9.73 Å². The fourth-order valence-electron chi connectivity index (χ4n) is 2.10. The molecule has 0 fully saturated rings. The molecule has 104 valence electrons. The Hall–Kier alpha value is -0.510. The van der Waals surface area contributed by atoms with E-state index >= 15 is 0 Å². The highest BCUT2D eigenvalue weighted by Crippen LogP contribution is 2.34. The van der Waals surface area contributed by atoms with E-state index in [1.807, 2.05) is 6.07 Å². The number of furan rings is 1. The number of aryl methyl sites for hydroxylation is 1. The molecule has 0 aliphatic carbocycles. The maximum absolute atomic E-state index is 6.25. The molecular formula is C15H19BrClNO. The van der Waals surface area contributed by atoms with Crippen LogP contribution in [0.4, 0.5) is 0 Å². The van der Waals surface area contributed by atoms with Crippen molar-refractivity contribution in [2.24, 2.45) is 0 Å². The monoisotopic (exact) mass is 343 g/mol. The summed E-state index contributed by atoms with van der Waals surface area (Å²) in [5.41, 5.74) is 2.08. The number of fused-ring (bicyclic) bond motifs is 1. The smallest absolute Gasteiger partial charge is 0.153 e. The van der Waals surface area contributed by atoms with Gasteiger partial charge in [0, 0.05) is 21.0 Å². The number of hydrogen-bond acceptors (Lipinski definition) is 2. The topological polar surface area (TPSA) is 25.2 Å². The van der Waals surface area contributed by atoms with Crippen molar-refractivity contribution in [3.63, 3.8) is 0 Å². The van der Waals surface area contributed by atoms with Gasteiger partial charge in [-0.05, 0) is 39.3 Å². The van der Waals surface area contributed by atoms with Gasteiger partial charge >= 0.3 is 0 Å². The third-order valence-corrected chi connectivity index (χ3v) is 3.77. The van der Waals surface area contributed by atoms with Crippen LogP contribution < -0.4 is 5.32 Å². The molecule has 1 heterocycles. The maximum Gasteiger partial charge on any atom is 0.153 e. The highest BCUT2D eigenvalue weighted by Gasteiger charge is 2.17. The van der Waals surface area contributed by atoms with E-state index in [-0.39, 0.29) is 5.54 Å². The van der Waals surface area contributed by atoms with Gasteiger partial charge in [0.1, 0.15) is 5.76 Å². The molecule has 0 saturated heterocycles.